The zero-order valence-corrected chi connectivity index (χ0v) is 12.9. The number of anilines is 2. The van der Waals surface area contributed by atoms with Gasteiger partial charge in [0.15, 0.2) is 0 Å². The number of nitrogens with zero attached hydrogens (tertiary/aromatic N) is 3. The molecule has 1 N–H and O–H groups in total. The van der Waals surface area contributed by atoms with Gasteiger partial charge in [0, 0.05) is 30.9 Å². The van der Waals surface area contributed by atoms with Gasteiger partial charge in [-0.1, -0.05) is 18.2 Å². The fourth-order valence-corrected chi connectivity index (χ4v) is 2.19. The topological polar surface area (TPSA) is 41.1 Å². The molecule has 5 heteroatoms. The van der Waals surface area contributed by atoms with Gasteiger partial charge < -0.3 is 10.2 Å². The monoisotopic (exact) mass is 288 g/mol. The van der Waals surface area contributed by atoms with Crippen LogP contribution in [0.4, 0.5) is 16.2 Å². The SMILES string of the molecule is CCNc1nc(C)cc(N(C)C(C)c2ccccc2F)n1. The molecular weight excluding hydrogens is 267 g/mol. The zero-order chi connectivity index (χ0) is 15.4. The van der Waals surface area contributed by atoms with Gasteiger partial charge in [-0.2, -0.15) is 4.98 Å². The first-order valence-electron chi connectivity index (χ1n) is 7.09. The van der Waals surface area contributed by atoms with Gasteiger partial charge in [0.25, 0.3) is 0 Å². The third-order valence-corrected chi connectivity index (χ3v) is 3.47. The van der Waals surface area contributed by atoms with Crippen LogP contribution in [0.25, 0.3) is 0 Å². The van der Waals surface area contributed by atoms with Gasteiger partial charge in [-0.25, -0.2) is 9.37 Å². The van der Waals surface area contributed by atoms with Gasteiger partial charge in [0.05, 0.1) is 6.04 Å². The Labute approximate surface area is 125 Å². The van der Waals surface area contributed by atoms with E-state index in [-0.39, 0.29) is 11.9 Å². The van der Waals surface area contributed by atoms with Crippen LogP contribution in [0.5, 0.6) is 0 Å². The molecule has 21 heavy (non-hydrogen) atoms. The Kier molecular flexibility index (Phi) is 4.73. The zero-order valence-electron chi connectivity index (χ0n) is 12.9. The van der Waals surface area contributed by atoms with Gasteiger partial charge in [-0.05, 0) is 26.8 Å². The molecular formula is C16H21FN4. The first-order valence-corrected chi connectivity index (χ1v) is 7.09. The highest BCUT2D eigenvalue weighted by Crippen LogP contribution is 2.26. The van der Waals surface area contributed by atoms with E-state index in [0.29, 0.717) is 11.5 Å². The van der Waals surface area contributed by atoms with Crippen molar-refractivity contribution in [2.45, 2.75) is 26.8 Å². The molecule has 2 aromatic rings. The van der Waals surface area contributed by atoms with Crippen molar-refractivity contribution in [3.05, 3.63) is 47.4 Å². The van der Waals surface area contributed by atoms with Crippen molar-refractivity contribution in [3.63, 3.8) is 0 Å². The van der Waals surface area contributed by atoms with E-state index in [4.69, 9.17) is 0 Å². The van der Waals surface area contributed by atoms with Crippen molar-refractivity contribution >= 4 is 11.8 Å². The standard InChI is InChI=1S/C16H21FN4/c1-5-18-16-19-11(2)10-15(20-16)21(4)12(3)13-8-6-7-9-14(13)17/h6-10,12H,5H2,1-4H3,(H,18,19,20). The minimum Gasteiger partial charge on any atom is -0.354 e. The number of aryl methyl sites for hydroxylation is 1. The lowest BCUT2D eigenvalue weighted by molar-refractivity contribution is 0.584. The lowest BCUT2D eigenvalue weighted by atomic mass is 10.1. The van der Waals surface area contributed by atoms with Gasteiger partial charge in [0.1, 0.15) is 11.6 Å². The van der Waals surface area contributed by atoms with Crippen LogP contribution in [0.2, 0.25) is 0 Å². The van der Waals surface area contributed by atoms with E-state index in [1.54, 1.807) is 12.1 Å². The van der Waals surface area contributed by atoms with Gasteiger partial charge >= 0.3 is 0 Å². The van der Waals surface area contributed by atoms with E-state index in [2.05, 4.69) is 15.3 Å². The van der Waals surface area contributed by atoms with Crippen LogP contribution >= 0.6 is 0 Å². The van der Waals surface area contributed by atoms with E-state index in [1.165, 1.54) is 6.07 Å². The summed E-state index contributed by atoms with van der Waals surface area (Å²) in [7, 11) is 1.91. The Morgan fingerprint density at radius 1 is 1.29 bits per heavy atom. The van der Waals surface area contributed by atoms with Crippen molar-refractivity contribution in [1.29, 1.82) is 0 Å². The number of hydrogen-bond donors (Lipinski definition) is 1. The molecule has 0 spiro atoms. The molecule has 0 bridgehead atoms. The summed E-state index contributed by atoms with van der Waals surface area (Å²) in [5.74, 6) is 1.17. The second kappa shape index (κ2) is 6.52. The van der Waals surface area contributed by atoms with E-state index >= 15 is 0 Å². The summed E-state index contributed by atoms with van der Waals surface area (Å²) in [6, 6.07) is 8.61. The summed E-state index contributed by atoms with van der Waals surface area (Å²) in [6.45, 7) is 6.64. The number of hydrogen-bond acceptors (Lipinski definition) is 4. The van der Waals surface area contributed by atoms with Crippen molar-refractivity contribution in [2.75, 3.05) is 23.8 Å². The van der Waals surface area contributed by atoms with E-state index < -0.39 is 0 Å². The Hall–Kier alpha value is -2.17. The van der Waals surface area contributed by atoms with Crippen LogP contribution in [0.15, 0.2) is 30.3 Å². The van der Waals surface area contributed by atoms with Crippen LogP contribution in [-0.2, 0) is 0 Å². The number of rotatable bonds is 5. The molecule has 1 aromatic carbocycles. The first kappa shape index (κ1) is 15.2. The maximum absolute atomic E-state index is 13.9. The lowest BCUT2D eigenvalue weighted by Crippen LogP contribution is -2.24. The van der Waals surface area contributed by atoms with Crippen molar-refractivity contribution in [3.8, 4) is 0 Å². The average Bonchev–Trinajstić information content (AvgIpc) is 2.46. The normalized spacial score (nSPS) is 12.0. The summed E-state index contributed by atoms with van der Waals surface area (Å²) >= 11 is 0. The Morgan fingerprint density at radius 2 is 2.00 bits per heavy atom. The summed E-state index contributed by atoms with van der Waals surface area (Å²) in [5, 5.41) is 3.11. The van der Waals surface area contributed by atoms with Gasteiger partial charge in [-0.15, -0.1) is 0 Å². The van der Waals surface area contributed by atoms with E-state index in [9.17, 15) is 4.39 Å². The minimum absolute atomic E-state index is 0.116. The number of nitrogens with one attached hydrogen (secondary N) is 1. The largest absolute Gasteiger partial charge is 0.354 e. The minimum atomic E-state index is -0.200. The molecule has 0 aliphatic carbocycles. The van der Waals surface area contributed by atoms with Crippen LogP contribution in [-0.4, -0.2) is 23.6 Å². The van der Waals surface area contributed by atoms with E-state index in [0.717, 1.165) is 18.1 Å². The quantitative estimate of drug-likeness (QED) is 0.913. The molecule has 1 aromatic heterocycles. The molecule has 112 valence electrons. The van der Waals surface area contributed by atoms with Crippen LogP contribution in [0.1, 0.15) is 31.1 Å². The maximum atomic E-state index is 13.9. The summed E-state index contributed by atoms with van der Waals surface area (Å²) < 4.78 is 13.9. The highest BCUT2D eigenvalue weighted by atomic mass is 19.1. The van der Waals surface area contributed by atoms with E-state index in [1.807, 2.05) is 44.9 Å². The molecule has 0 saturated heterocycles. The molecule has 0 aliphatic heterocycles. The Bertz CT molecular complexity index is 615. The highest BCUT2D eigenvalue weighted by Gasteiger charge is 2.17. The first-order chi connectivity index (χ1) is 10.0. The molecule has 1 heterocycles. The third-order valence-electron chi connectivity index (χ3n) is 3.47. The fraction of sp³-hybridized carbons (Fsp3) is 0.375. The van der Waals surface area contributed by atoms with Gasteiger partial charge in [-0.3, -0.25) is 0 Å². The molecule has 1 atom stereocenters. The molecule has 0 radical (unpaired) electrons. The summed E-state index contributed by atoms with van der Waals surface area (Å²) in [6.07, 6.45) is 0. The molecule has 0 amide bonds. The second-order valence-corrected chi connectivity index (χ2v) is 5.03. The second-order valence-electron chi connectivity index (χ2n) is 5.03. The van der Waals surface area contributed by atoms with Crippen LogP contribution in [0.3, 0.4) is 0 Å². The molecule has 0 fully saturated rings. The molecule has 4 nitrogen and oxygen atoms in total. The number of benzene rings is 1. The highest BCUT2D eigenvalue weighted by molar-refractivity contribution is 5.46. The average molecular weight is 288 g/mol. The molecule has 2 rings (SSSR count). The molecule has 0 aliphatic rings. The summed E-state index contributed by atoms with van der Waals surface area (Å²) in [5.41, 5.74) is 1.53. The Morgan fingerprint density at radius 3 is 2.67 bits per heavy atom. The van der Waals surface area contributed by atoms with Crippen molar-refractivity contribution in [2.24, 2.45) is 0 Å². The molecule has 1 unspecified atom stereocenters. The molecule has 0 saturated carbocycles. The predicted octanol–water partition coefficient (Wildman–Crippen LogP) is 3.55. The summed E-state index contributed by atoms with van der Waals surface area (Å²) in [4.78, 5) is 10.8. The fourth-order valence-electron chi connectivity index (χ4n) is 2.19. The number of halogens is 1. The van der Waals surface area contributed by atoms with Gasteiger partial charge in [0.2, 0.25) is 5.95 Å². The number of aromatic nitrogens is 2. The third kappa shape index (κ3) is 3.48. The predicted molar refractivity (Wildman–Crippen MR) is 84.2 cm³/mol. The van der Waals surface area contributed by atoms with Crippen LogP contribution < -0.4 is 10.2 Å². The van der Waals surface area contributed by atoms with Crippen molar-refractivity contribution in [1.82, 2.24) is 9.97 Å². The van der Waals surface area contributed by atoms with Crippen molar-refractivity contribution < 1.29 is 4.39 Å². The maximum Gasteiger partial charge on any atom is 0.224 e. The Balaban J connectivity index is 2.31. The van der Waals surface area contributed by atoms with Crippen LogP contribution in [0, 0.1) is 12.7 Å². The lowest BCUT2D eigenvalue weighted by Gasteiger charge is -2.27. The smallest absolute Gasteiger partial charge is 0.224 e.